The number of allylic oxidation sites excluding steroid dienone is 5. The lowest BCUT2D eigenvalue weighted by Crippen LogP contribution is -2.20. The molecule has 1 heterocycles. The summed E-state index contributed by atoms with van der Waals surface area (Å²) in [4.78, 5) is 2.60. The van der Waals surface area contributed by atoms with Crippen LogP contribution in [0, 0.1) is 0 Å². The lowest BCUT2D eigenvalue weighted by Gasteiger charge is -2.14. The molecule has 0 atom stereocenters. The number of likely N-dealkylation sites (tertiary alicyclic amines) is 1. The summed E-state index contributed by atoms with van der Waals surface area (Å²) in [6.07, 6.45) is 18.3. The summed E-state index contributed by atoms with van der Waals surface area (Å²) in [5.74, 6) is 1.08. The largest absolute Gasteiger partial charge is 0.491 e. The van der Waals surface area contributed by atoms with E-state index in [1.165, 1.54) is 63.7 Å². The van der Waals surface area contributed by atoms with Crippen LogP contribution in [-0.4, -0.2) is 30.6 Å². The van der Waals surface area contributed by atoms with Crippen molar-refractivity contribution in [2.24, 2.45) is 0 Å². The van der Waals surface area contributed by atoms with Gasteiger partial charge in [0.25, 0.3) is 0 Å². The van der Waals surface area contributed by atoms with Crippen LogP contribution in [0.15, 0.2) is 35.6 Å². The third-order valence-electron chi connectivity index (χ3n) is 4.13. The highest BCUT2D eigenvalue weighted by Crippen LogP contribution is 2.28. The molecule has 0 N–H and O–H groups in total. The second-order valence-corrected chi connectivity index (χ2v) is 5.92. The zero-order valence-corrected chi connectivity index (χ0v) is 11.8. The van der Waals surface area contributed by atoms with Crippen LogP contribution in [0.2, 0.25) is 0 Å². The summed E-state index contributed by atoms with van der Waals surface area (Å²) >= 11 is 0. The van der Waals surface area contributed by atoms with E-state index in [0.29, 0.717) is 6.10 Å². The fraction of sp³-hybridized carbons (Fsp3) is 0.647. The number of nitrogens with zero attached hydrogens (tertiary/aromatic N) is 1. The van der Waals surface area contributed by atoms with E-state index in [9.17, 15) is 0 Å². The Balaban J connectivity index is 1.40. The molecule has 2 fully saturated rings. The van der Waals surface area contributed by atoms with E-state index < -0.39 is 0 Å². The first-order valence-corrected chi connectivity index (χ1v) is 7.86. The van der Waals surface area contributed by atoms with Gasteiger partial charge in [0.15, 0.2) is 0 Å². The zero-order chi connectivity index (χ0) is 12.9. The molecular weight excluding hydrogens is 234 g/mol. The molecule has 0 unspecified atom stereocenters. The molecule has 0 aromatic heterocycles. The predicted molar refractivity (Wildman–Crippen MR) is 78.9 cm³/mol. The summed E-state index contributed by atoms with van der Waals surface area (Å²) in [6.45, 7) is 3.90. The van der Waals surface area contributed by atoms with Crippen molar-refractivity contribution in [2.45, 2.75) is 51.0 Å². The first kappa shape index (κ1) is 13.0. The van der Waals surface area contributed by atoms with Crippen molar-refractivity contribution in [3.05, 3.63) is 35.6 Å². The summed E-state index contributed by atoms with van der Waals surface area (Å²) < 4.78 is 5.85. The van der Waals surface area contributed by atoms with Gasteiger partial charge in [-0.25, -0.2) is 0 Å². The molecule has 0 amide bonds. The molecule has 3 aliphatic rings. The monoisotopic (exact) mass is 259 g/mol. The van der Waals surface area contributed by atoms with Gasteiger partial charge in [0.2, 0.25) is 0 Å². The first-order valence-electron chi connectivity index (χ1n) is 7.86. The maximum Gasteiger partial charge on any atom is 0.116 e. The van der Waals surface area contributed by atoms with Gasteiger partial charge in [-0.1, -0.05) is 17.7 Å². The maximum atomic E-state index is 5.85. The van der Waals surface area contributed by atoms with Crippen molar-refractivity contribution < 1.29 is 4.74 Å². The van der Waals surface area contributed by atoms with Crippen LogP contribution >= 0.6 is 0 Å². The number of rotatable bonds is 6. The fourth-order valence-corrected chi connectivity index (χ4v) is 2.82. The predicted octanol–water partition coefficient (Wildman–Crippen LogP) is 3.81. The van der Waals surface area contributed by atoms with Crippen molar-refractivity contribution in [2.75, 3.05) is 19.6 Å². The molecule has 0 aromatic carbocycles. The van der Waals surface area contributed by atoms with Crippen molar-refractivity contribution >= 4 is 0 Å². The molecule has 0 aromatic rings. The van der Waals surface area contributed by atoms with Crippen LogP contribution in [-0.2, 0) is 4.74 Å². The molecule has 2 aliphatic carbocycles. The minimum absolute atomic E-state index is 0.507. The molecule has 0 bridgehead atoms. The van der Waals surface area contributed by atoms with Crippen LogP contribution in [0.4, 0.5) is 0 Å². The van der Waals surface area contributed by atoms with Gasteiger partial charge in [0.1, 0.15) is 5.76 Å². The SMILES string of the molecule is C1=CC(OC2CC2)=CCC=C1CCCN1CCCC1. The van der Waals surface area contributed by atoms with E-state index in [1.54, 1.807) is 0 Å². The molecule has 1 aliphatic heterocycles. The van der Waals surface area contributed by atoms with Gasteiger partial charge < -0.3 is 9.64 Å². The Labute approximate surface area is 116 Å². The molecule has 2 nitrogen and oxygen atoms in total. The van der Waals surface area contributed by atoms with Gasteiger partial charge in [-0.05, 0) is 76.7 Å². The van der Waals surface area contributed by atoms with Crippen LogP contribution in [0.1, 0.15) is 44.9 Å². The van der Waals surface area contributed by atoms with Crippen LogP contribution < -0.4 is 0 Å². The Morgan fingerprint density at radius 3 is 2.74 bits per heavy atom. The molecule has 1 saturated heterocycles. The molecule has 104 valence electrons. The second-order valence-electron chi connectivity index (χ2n) is 5.92. The number of hydrogen-bond donors (Lipinski definition) is 0. The number of ether oxygens (including phenoxy) is 1. The second kappa shape index (κ2) is 6.42. The summed E-state index contributed by atoms with van der Waals surface area (Å²) in [5.41, 5.74) is 1.48. The average Bonchev–Trinajstić information content (AvgIpc) is 3.13. The van der Waals surface area contributed by atoms with E-state index in [2.05, 4.69) is 29.2 Å². The third-order valence-corrected chi connectivity index (χ3v) is 4.13. The van der Waals surface area contributed by atoms with Crippen LogP contribution in [0.5, 0.6) is 0 Å². The zero-order valence-electron chi connectivity index (χ0n) is 11.8. The van der Waals surface area contributed by atoms with Crippen molar-refractivity contribution in [3.8, 4) is 0 Å². The molecule has 1 saturated carbocycles. The molecule has 0 radical (unpaired) electrons. The van der Waals surface area contributed by atoms with E-state index in [1.807, 2.05) is 0 Å². The minimum atomic E-state index is 0.507. The van der Waals surface area contributed by atoms with E-state index in [0.717, 1.165) is 12.2 Å². The highest BCUT2D eigenvalue weighted by molar-refractivity contribution is 5.29. The topological polar surface area (TPSA) is 12.5 Å². The quantitative estimate of drug-likeness (QED) is 0.719. The van der Waals surface area contributed by atoms with Gasteiger partial charge in [-0.3, -0.25) is 0 Å². The Morgan fingerprint density at radius 1 is 1.11 bits per heavy atom. The Morgan fingerprint density at radius 2 is 1.95 bits per heavy atom. The van der Waals surface area contributed by atoms with E-state index >= 15 is 0 Å². The van der Waals surface area contributed by atoms with Gasteiger partial charge in [0, 0.05) is 0 Å². The molecular formula is C17H25NO. The van der Waals surface area contributed by atoms with Crippen molar-refractivity contribution in [3.63, 3.8) is 0 Å². The van der Waals surface area contributed by atoms with Gasteiger partial charge in [-0.15, -0.1) is 0 Å². The Bertz CT molecular complexity index is 384. The minimum Gasteiger partial charge on any atom is -0.491 e. The highest BCUT2D eigenvalue weighted by Gasteiger charge is 2.23. The first-order chi connectivity index (χ1) is 9.40. The maximum absolute atomic E-state index is 5.85. The van der Waals surface area contributed by atoms with Gasteiger partial charge in [0.05, 0.1) is 6.10 Å². The Kier molecular flexibility index (Phi) is 4.39. The van der Waals surface area contributed by atoms with Crippen LogP contribution in [0.25, 0.3) is 0 Å². The van der Waals surface area contributed by atoms with E-state index in [-0.39, 0.29) is 0 Å². The standard InChI is InChI=1S/C17H25NO/c1-2-13-18(12-1)14-4-6-15-5-3-7-16(9-8-15)19-17-10-11-17/h5,7-9,17H,1-4,6,10-14H2. The van der Waals surface area contributed by atoms with Crippen molar-refractivity contribution in [1.29, 1.82) is 0 Å². The van der Waals surface area contributed by atoms with E-state index in [4.69, 9.17) is 4.74 Å². The molecule has 19 heavy (non-hydrogen) atoms. The smallest absolute Gasteiger partial charge is 0.116 e. The van der Waals surface area contributed by atoms with Crippen molar-refractivity contribution in [1.82, 2.24) is 4.90 Å². The molecule has 2 heteroatoms. The number of hydrogen-bond acceptors (Lipinski definition) is 2. The summed E-state index contributed by atoms with van der Waals surface area (Å²) in [6, 6.07) is 0. The summed E-state index contributed by atoms with van der Waals surface area (Å²) in [7, 11) is 0. The normalized spacial score (nSPS) is 24.0. The van der Waals surface area contributed by atoms with Crippen LogP contribution in [0.3, 0.4) is 0 Å². The van der Waals surface area contributed by atoms with Gasteiger partial charge in [-0.2, -0.15) is 0 Å². The van der Waals surface area contributed by atoms with Gasteiger partial charge >= 0.3 is 0 Å². The summed E-state index contributed by atoms with van der Waals surface area (Å²) in [5, 5.41) is 0. The lowest BCUT2D eigenvalue weighted by molar-refractivity contribution is 0.208. The highest BCUT2D eigenvalue weighted by atomic mass is 16.5. The fourth-order valence-electron chi connectivity index (χ4n) is 2.82. The Hall–Kier alpha value is -1.02. The lowest BCUT2D eigenvalue weighted by atomic mass is 10.1. The average molecular weight is 259 g/mol. The third kappa shape index (κ3) is 4.24. The molecule has 3 rings (SSSR count). The molecule has 0 spiro atoms.